The molecule has 0 radical (unpaired) electrons. The van der Waals surface area contributed by atoms with Crippen LogP contribution in [0.15, 0.2) is 10.9 Å². The minimum atomic E-state index is -0.472. The van der Waals surface area contributed by atoms with Gasteiger partial charge in [0.15, 0.2) is 5.88 Å². The van der Waals surface area contributed by atoms with Gasteiger partial charge in [-0.3, -0.25) is 14.6 Å². The molecule has 13 heavy (non-hydrogen) atoms. The number of carbonyl (C=O) groups excluding carboxylic acids is 1. The lowest BCUT2D eigenvalue weighted by molar-refractivity contribution is 0.0958. The lowest BCUT2D eigenvalue weighted by atomic mass is 10.1. The zero-order chi connectivity index (χ0) is 9.59. The third-order valence-electron chi connectivity index (χ3n) is 2.09. The minimum Gasteiger partial charge on any atom is -0.494 e. The molecular formula is C8H8N2O3. The number of hydrogen-bond acceptors (Lipinski definition) is 3. The molecule has 5 heteroatoms. The first-order valence-electron chi connectivity index (χ1n) is 3.86. The number of pyridine rings is 1. The van der Waals surface area contributed by atoms with Crippen LogP contribution in [0, 0.1) is 0 Å². The largest absolute Gasteiger partial charge is 0.494 e. The molecule has 68 valence electrons. The summed E-state index contributed by atoms with van der Waals surface area (Å²) in [6.45, 7) is 1.74. The van der Waals surface area contributed by atoms with E-state index in [0.717, 1.165) is 0 Å². The van der Waals surface area contributed by atoms with Gasteiger partial charge in [0, 0.05) is 11.6 Å². The first-order chi connectivity index (χ1) is 6.09. The van der Waals surface area contributed by atoms with E-state index in [1.807, 2.05) is 0 Å². The Morgan fingerprint density at radius 1 is 1.46 bits per heavy atom. The van der Waals surface area contributed by atoms with Crippen molar-refractivity contribution in [2.45, 2.75) is 13.0 Å². The highest BCUT2D eigenvalue weighted by Crippen LogP contribution is 2.29. The summed E-state index contributed by atoms with van der Waals surface area (Å²) >= 11 is 0. The van der Waals surface area contributed by atoms with E-state index in [2.05, 4.69) is 10.3 Å². The summed E-state index contributed by atoms with van der Waals surface area (Å²) in [5.74, 6) is -0.544. The highest BCUT2D eigenvalue weighted by Gasteiger charge is 2.28. The second-order valence-electron chi connectivity index (χ2n) is 3.00. The fourth-order valence-electron chi connectivity index (χ4n) is 1.53. The van der Waals surface area contributed by atoms with Gasteiger partial charge in [-0.1, -0.05) is 0 Å². The number of aromatic nitrogens is 1. The van der Waals surface area contributed by atoms with Crippen LogP contribution in [0.5, 0.6) is 5.88 Å². The first-order valence-corrected chi connectivity index (χ1v) is 3.86. The summed E-state index contributed by atoms with van der Waals surface area (Å²) in [5.41, 5.74) is 0.249. The Bertz CT molecular complexity index is 436. The molecule has 0 bridgehead atoms. The Kier molecular flexibility index (Phi) is 1.42. The smallest absolute Gasteiger partial charge is 0.252 e. The molecule has 1 aliphatic rings. The number of carbonyl (C=O) groups is 1. The quantitative estimate of drug-likeness (QED) is 0.520. The van der Waals surface area contributed by atoms with Crippen molar-refractivity contribution in [3.05, 3.63) is 27.5 Å². The van der Waals surface area contributed by atoms with Crippen LogP contribution in [-0.2, 0) is 0 Å². The van der Waals surface area contributed by atoms with Crippen LogP contribution in [0.25, 0.3) is 0 Å². The van der Waals surface area contributed by atoms with Crippen molar-refractivity contribution in [1.82, 2.24) is 10.3 Å². The average Bonchev–Trinajstić information content (AvgIpc) is 2.27. The molecule has 0 fully saturated rings. The molecular weight excluding hydrogens is 172 g/mol. The Balaban J connectivity index is 2.77. The zero-order valence-corrected chi connectivity index (χ0v) is 6.92. The lowest BCUT2D eigenvalue weighted by Crippen LogP contribution is -2.16. The summed E-state index contributed by atoms with van der Waals surface area (Å²) in [6.07, 6.45) is 0. The molecule has 0 aromatic carbocycles. The molecule has 0 spiro atoms. The Hall–Kier alpha value is -1.78. The minimum absolute atomic E-state index is 0.228. The number of rotatable bonds is 0. The molecule has 1 atom stereocenters. The van der Waals surface area contributed by atoms with Gasteiger partial charge in [-0.05, 0) is 6.92 Å². The van der Waals surface area contributed by atoms with Crippen molar-refractivity contribution in [3.8, 4) is 5.88 Å². The Morgan fingerprint density at radius 3 is 2.85 bits per heavy atom. The molecule has 2 rings (SSSR count). The van der Waals surface area contributed by atoms with E-state index in [9.17, 15) is 14.7 Å². The number of H-pyrrole nitrogens is 1. The SMILES string of the molecule is C[C@@H]1NC(=O)c2cc(=O)[nH]c(O)c21. The van der Waals surface area contributed by atoms with Gasteiger partial charge < -0.3 is 10.4 Å². The lowest BCUT2D eigenvalue weighted by Gasteiger charge is -2.04. The summed E-state index contributed by atoms with van der Waals surface area (Å²) < 4.78 is 0. The van der Waals surface area contributed by atoms with E-state index < -0.39 is 5.56 Å². The molecule has 0 saturated heterocycles. The van der Waals surface area contributed by atoms with Gasteiger partial charge in [-0.25, -0.2) is 0 Å². The highest BCUT2D eigenvalue weighted by molar-refractivity contribution is 5.99. The van der Waals surface area contributed by atoms with Gasteiger partial charge in [0.1, 0.15) is 0 Å². The fraction of sp³-hybridized carbons (Fsp3) is 0.250. The van der Waals surface area contributed by atoms with Gasteiger partial charge in [0.25, 0.3) is 11.5 Å². The molecule has 0 aliphatic carbocycles. The number of amides is 1. The van der Waals surface area contributed by atoms with Crippen LogP contribution >= 0.6 is 0 Å². The Morgan fingerprint density at radius 2 is 2.15 bits per heavy atom. The third-order valence-corrected chi connectivity index (χ3v) is 2.09. The monoisotopic (exact) mass is 180 g/mol. The van der Waals surface area contributed by atoms with Gasteiger partial charge in [0.05, 0.1) is 11.6 Å². The standard InChI is InChI=1S/C8H8N2O3/c1-3-6-4(7(12)9-3)2-5(11)10-8(6)13/h2-3H,1H3,(H,9,12)(H2,10,11,13)/t3-/m0/s1. The topological polar surface area (TPSA) is 82.2 Å². The first kappa shape index (κ1) is 7.85. The molecule has 1 amide bonds. The molecule has 0 saturated carbocycles. The van der Waals surface area contributed by atoms with Crippen molar-refractivity contribution < 1.29 is 9.90 Å². The number of hydrogen-bond donors (Lipinski definition) is 3. The summed E-state index contributed by atoms with van der Waals surface area (Å²) in [7, 11) is 0. The highest BCUT2D eigenvalue weighted by atomic mass is 16.3. The van der Waals surface area contributed by atoms with E-state index in [1.54, 1.807) is 6.92 Å². The van der Waals surface area contributed by atoms with Crippen LogP contribution in [0.1, 0.15) is 28.9 Å². The molecule has 0 unspecified atom stereocenters. The number of fused-ring (bicyclic) bond motifs is 1. The van der Waals surface area contributed by atoms with E-state index in [0.29, 0.717) is 5.56 Å². The predicted molar refractivity (Wildman–Crippen MR) is 44.6 cm³/mol. The van der Waals surface area contributed by atoms with E-state index >= 15 is 0 Å². The molecule has 1 aromatic rings. The number of aromatic amines is 1. The average molecular weight is 180 g/mol. The Labute approximate surface area is 73.4 Å². The maximum absolute atomic E-state index is 11.2. The van der Waals surface area contributed by atoms with Gasteiger partial charge in [-0.15, -0.1) is 0 Å². The van der Waals surface area contributed by atoms with E-state index in [4.69, 9.17) is 0 Å². The van der Waals surface area contributed by atoms with Crippen LogP contribution < -0.4 is 10.9 Å². The van der Waals surface area contributed by atoms with Gasteiger partial charge >= 0.3 is 0 Å². The van der Waals surface area contributed by atoms with Crippen LogP contribution in [0.4, 0.5) is 0 Å². The summed E-state index contributed by atoms with van der Waals surface area (Å²) in [5, 5.41) is 11.9. The predicted octanol–water partition coefficient (Wildman–Crippen LogP) is -0.115. The molecule has 1 aromatic heterocycles. The normalized spacial score (nSPS) is 19.8. The van der Waals surface area contributed by atoms with Crippen LogP contribution in [0.2, 0.25) is 0 Å². The second kappa shape index (κ2) is 2.35. The summed E-state index contributed by atoms with van der Waals surface area (Å²) in [6, 6.07) is 0.938. The molecule has 2 heterocycles. The van der Waals surface area contributed by atoms with Crippen molar-refractivity contribution >= 4 is 5.91 Å². The molecule has 3 N–H and O–H groups in total. The van der Waals surface area contributed by atoms with Crippen LogP contribution in [-0.4, -0.2) is 16.0 Å². The van der Waals surface area contributed by atoms with E-state index in [1.165, 1.54) is 6.07 Å². The van der Waals surface area contributed by atoms with Crippen molar-refractivity contribution in [1.29, 1.82) is 0 Å². The third kappa shape index (κ3) is 1.00. The molecule has 1 aliphatic heterocycles. The zero-order valence-electron chi connectivity index (χ0n) is 6.92. The summed E-state index contributed by atoms with van der Waals surface area (Å²) in [4.78, 5) is 24.3. The fourth-order valence-corrected chi connectivity index (χ4v) is 1.53. The maximum atomic E-state index is 11.2. The van der Waals surface area contributed by atoms with E-state index in [-0.39, 0.29) is 23.4 Å². The van der Waals surface area contributed by atoms with Gasteiger partial charge in [0.2, 0.25) is 0 Å². The van der Waals surface area contributed by atoms with Crippen LogP contribution in [0.3, 0.4) is 0 Å². The van der Waals surface area contributed by atoms with Gasteiger partial charge in [-0.2, -0.15) is 0 Å². The molecule has 5 nitrogen and oxygen atoms in total. The maximum Gasteiger partial charge on any atom is 0.252 e. The second-order valence-corrected chi connectivity index (χ2v) is 3.00. The van der Waals surface area contributed by atoms with Crippen molar-refractivity contribution in [3.63, 3.8) is 0 Å². The van der Waals surface area contributed by atoms with Crippen molar-refractivity contribution in [2.75, 3.05) is 0 Å². The number of nitrogens with one attached hydrogen (secondary N) is 2. The van der Waals surface area contributed by atoms with Crippen molar-refractivity contribution in [2.24, 2.45) is 0 Å². The number of aromatic hydroxyl groups is 1.